The highest BCUT2D eigenvalue weighted by Gasteiger charge is 2.24. The van der Waals surface area contributed by atoms with E-state index in [0.29, 0.717) is 10.7 Å². The molecule has 33 heavy (non-hydrogen) atoms. The zero-order chi connectivity index (χ0) is 23.6. The fraction of sp³-hybridized carbons (Fsp3) is 0.125. The maximum absolute atomic E-state index is 13.2. The molecule has 0 saturated heterocycles. The Kier molecular flexibility index (Phi) is 6.31. The molecule has 0 unspecified atom stereocenters. The normalized spacial score (nSPS) is 11.5. The van der Waals surface area contributed by atoms with Crippen LogP contribution in [0.2, 0.25) is 5.02 Å². The molecule has 2 aromatic heterocycles. The summed E-state index contributed by atoms with van der Waals surface area (Å²) < 4.78 is 27.8. The molecule has 0 saturated carbocycles. The molecule has 9 heteroatoms. The highest BCUT2D eigenvalue weighted by atomic mass is 35.5. The second-order valence-corrected chi connectivity index (χ2v) is 9.78. The number of nitrogens with one attached hydrogen (secondary N) is 1. The Balaban J connectivity index is 1.75. The van der Waals surface area contributed by atoms with Crippen molar-refractivity contribution in [3.05, 3.63) is 99.4 Å². The van der Waals surface area contributed by atoms with Crippen molar-refractivity contribution in [1.29, 1.82) is 0 Å². The molecule has 0 aliphatic rings. The van der Waals surface area contributed by atoms with Crippen LogP contribution in [-0.2, 0) is 27.7 Å². The third kappa shape index (κ3) is 4.67. The van der Waals surface area contributed by atoms with Gasteiger partial charge in [0.25, 0.3) is 0 Å². The molecule has 1 amide bonds. The minimum absolute atomic E-state index is 0.00348. The number of nitrogens with zero attached hydrogens (tertiary/aromatic N) is 2. The zero-order valence-electron chi connectivity index (χ0n) is 17.7. The van der Waals surface area contributed by atoms with Crippen molar-refractivity contribution >= 4 is 38.4 Å². The van der Waals surface area contributed by atoms with Gasteiger partial charge in [-0.05, 0) is 42.8 Å². The highest BCUT2D eigenvalue weighted by Crippen LogP contribution is 2.21. The smallest absolute Gasteiger partial charge is 0.240 e. The van der Waals surface area contributed by atoms with Gasteiger partial charge in [0.2, 0.25) is 21.2 Å². The van der Waals surface area contributed by atoms with Crippen LogP contribution in [0.5, 0.6) is 0 Å². The Hall–Kier alpha value is -3.49. The number of rotatable bonds is 6. The minimum Gasteiger partial charge on any atom is -0.350 e. The Morgan fingerprint density at radius 3 is 2.45 bits per heavy atom. The molecule has 168 valence electrons. The molecule has 2 heterocycles. The first kappa shape index (κ1) is 22.7. The van der Waals surface area contributed by atoms with Gasteiger partial charge in [-0.2, -0.15) is 0 Å². The fourth-order valence-corrected chi connectivity index (χ4v) is 5.01. The second-order valence-electron chi connectivity index (χ2n) is 7.46. The topological polar surface area (TPSA) is 98.1 Å². The molecular formula is C24H20ClN3O4S. The van der Waals surface area contributed by atoms with Gasteiger partial charge in [0.15, 0.2) is 0 Å². The minimum atomic E-state index is -4.10. The number of halogens is 1. The maximum Gasteiger partial charge on any atom is 0.240 e. The lowest BCUT2D eigenvalue weighted by Crippen LogP contribution is -2.29. The maximum atomic E-state index is 13.2. The lowest BCUT2D eigenvalue weighted by atomic mass is 10.2. The largest absolute Gasteiger partial charge is 0.350 e. The van der Waals surface area contributed by atoms with Crippen molar-refractivity contribution in [1.82, 2.24) is 14.9 Å². The third-order valence-corrected chi connectivity index (χ3v) is 7.25. The highest BCUT2D eigenvalue weighted by molar-refractivity contribution is 7.91. The van der Waals surface area contributed by atoms with E-state index in [2.05, 4.69) is 10.3 Å². The predicted molar refractivity (Wildman–Crippen MR) is 126 cm³/mol. The van der Waals surface area contributed by atoms with Crippen LogP contribution in [0.1, 0.15) is 11.3 Å². The van der Waals surface area contributed by atoms with Crippen molar-refractivity contribution in [2.45, 2.75) is 29.8 Å². The first-order valence-corrected chi connectivity index (χ1v) is 11.9. The second kappa shape index (κ2) is 9.17. The molecule has 2 aromatic carbocycles. The van der Waals surface area contributed by atoms with Crippen LogP contribution in [-0.4, -0.2) is 23.9 Å². The summed E-state index contributed by atoms with van der Waals surface area (Å²) in [4.78, 5) is 29.8. The van der Waals surface area contributed by atoms with Gasteiger partial charge < -0.3 is 9.88 Å². The molecule has 0 fully saturated rings. The van der Waals surface area contributed by atoms with E-state index >= 15 is 0 Å². The Bertz CT molecular complexity index is 1520. The monoisotopic (exact) mass is 481 g/mol. The van der Waals surface area contributed by atoms with E-state index in [9.17, 15) is 18.0 Å². The average molecular weight is 482 g/mol. The van der Waals surface area contributed by atoms with Gasteiger partial charge in [-0.25, -0.2) is 13.4 Å². The number of amides is 1. The van der Waals surface area contributed by atoms with Gasteiger partial charge in [0.1, 0.15) is 17.1 Å². The van der Waals surface area contributed by atoms with E-state index in [1.54, 1.807) is 49.4 Å². The molecule has 4 aromatic rings. The van der Waals surface area contributed by atoms with Gasteiger partial charge in [0, 0.05) is 23.5 Å². The SMILES string of the molecule is Cc1ccc2c(=O)c(S(=O)(=O)c3ccccc3)cn(CC(=O)NCc3ccccc3Cl)c2n1. The average Bonchev–Trinajstić information content (AvgIpc) is 2.80. The first-order chi connectivity index (χ1) is 15.8. The molecule has 0 radical (unpaired) electrons. The van der Waals surface area contributed by atoms with Crippen molar-refractivity contribution in [2.24, 2.45) is 0 Å². The zero-order valence-corrected chi connectivity index (χ0v) is 19.2. The number of aromatic nitrogens is 2. The lowest BCUT2D eigenvalue weighted by molar-refractivity contribution is -0.121. The summed E-state index contributed by atoms with van der Waals surface area (Å²) in [5.74, 6) is -0.383. The standard InChI is InChI=1S/C24H20ClN3O4S/c1-16-11-12-19-23(30)21(33(31,32)18-8-3-2-4-9-18)14-28(24(19)27-16)15-22(29)26-13-17-7-5-6-10-20(17)25/h2-12,14H,13,15H2,1H3,(H,26,29). The molecule has 4 rings (SSSR count). The van der Waals surface area contributed by atoms with Gasteiger partial charge >= 0.3 is 0 Å². The molecule has 0 atom stereocenters. The van der Waals surface area contributed by atoms with E-state index in [4.69, 9.17) is 11.6 Å². The van der Waals surface area contributed by atoms with Crippen LogP contribution in [0.3, 0.4) is 0 Å². The molecule has 0 bridgehead atoms. The van der Waals surface area contributed by atoms with E-state index in [1.807, 2.05) is 6.07 Å². The summed E-state index contributed by atoms with van der Waals surface area (Å²) in [5.41, 5.74) is 0.957. The van der Waals surface area contributed by atoms with E-state index in [-0.39, 0.29) is 34.9 Å². The van der Waals surface area contributed by atoms with E-state index in [0.717, 1.165) is 5.56 Å². The van der Waals surface area contributed by atoms with Crippen LogP contribution in [0.25, 0.3) is 11.0 Å². The van der Waals surface area contributed by atoms with Crippen molar-refractivity contribution in [3.8, 4) is 0 Å². The van der Waals surface area contributed by atoms with Gasteiger partial charge in [-0.15, -0.1) is 0 Å². The van der Waals surface area contributed by atoms with Gasteiger partial charge in [0.05, 0.1) is 10.3 Å². The third-order valence-electron chi connectivity index (χ3n) is 5.12. The number of carbonyl (C=O) groups excluding carboxylic acids is 1. The molecule has 1 N–H and O–H groups in total. The summed E-state index contributed by atoms with van der Waals surface area (Å²) in [6.07, 6.45) is 1.19. The number of fused-ring (bicyclic) bond motifs is 1. The summed E-state index contributed by atoms with van der Waals surface area (Å²) >= 11 is 6.14. The molecule has 0 aliphatic heterocycles. The molecule has 0 aliphatic carbocycles. The number of aryl methyl sites for hydroxylation is 1. The number of pyridine rings is 2. The predicted octanol–water partition coefficient (Wildman–Crippen LogP) is 3.51. The van der Waals surface area contributed by atoms with Crippen LogP contribution < -0.4 is 10.7 Å². The van der Waals surface area contributed by atoms with Crippen molar-refractivity contribution < 1.29 is 13.2 Å². The number of benzene rings is 2. The number of carbonyl (C=O) groups is 1. The Labute approximate surface area is 195 Å². The van der Waals surface area contributed by atoms with Gasteiger partial charge in [-0.3, -0.25) is 9.59 Å². The molecule has 0 spiro atoms. The Morgan fingerprint density at radius 1 is 1.03 bits per heavy atom. The quantitative estimate of drug-likeness (QED) is 0.454. The summed E-state index contributed by atoms with van der Waals surface area (Å²) in [7, 11) is -4.10. The van der Waals surface area contributed by atoms with Crippen LogP contribution in [0.15, 0.2) is 87.5 Å². The van der Waals surface area contributed by atoms with Crippen molar-refractivity contribution in [3.63, 3.8) is 0 Å². The van der Waals surface area contributed by atoms with Crippen LogP contribution in [0.4, 0.5) is 0 Å². The summed E-state index contributed by atoms with van der Waals surface area (Å²) in [5, 5.41) is 3.42. The lowest BCUT2D eigenvalue weighted by Gasteiger charge is -2.14. The summed E-state index contributed by atoms with van der Waals surface area (Å²) in [6.45, 7) is 1.73. The molecular weight excluding hydrogens is 462 g/mol. The number of sulfone groups is 1. The van der Waals surface area contributed by atoms with E-state index in [1.165, 1.54) is 29.0 Å². The van der Waals surface area contributed by atoms with Crippen LogP contribution >= 0.6 is 11.6 Å². The number of hydrogen-bond acceptors (Lipinski definition) is 5. The fourth-order valence-electron chi connectivity index (χ4n) is 3.42. The first-order valence-electron chi connectivity index (χ1n) is 10.1. The van der Waals surface area contributed by atoms with Crippen molar-refractivity contribution in [2.75, 3.05) is 0 Å². The van der Waals surface area contributed by atoms with E-state index < -0.39 is 20.2 Å². The van der Waals surface area contributed by atoms with Crippen LogP contribution in [0, 0.1) is 6.92 Å². The molecule has 7 nitrogen and oxygen atoms in total. The van der Waals surface area contributed by atoms with Gasteiger partial charge in [-0.1, -0.05) is 48.0 Å². The Morgan fingerprint density at radius 2 is 1.73 bits per heavy atom. The number of hydrogen-bond donors (Lipinski definition) is 1. The summed E-state index contributed by atoms with van der Waals surface area (Å²) in [6, 6.07) is 18.0.